The van der Waals surface area contributed by atoms with Gasteiger partial charge in [-0.3, -0.25) is 0 Å². The van der Waals surface area contributed by atoms with Crippen LogP contribution in [-0.4, -0.2) is 0 Å². The number of hydrogen-bond donors (Lipinski definition) is 1. The van der Waals surface area contributed by atoms with Crippen LogP contribution >= 0.6 is 11.8 Å². The smallest absolute Gasteiger partial charge is 0.117 e. The lowest BCUT2D eigenvalue weighted by atomic mass is 9.87. The molecule has 0 spiro atoms. The van der Waals surface area contributed by atoms with Crippen LogP contribution in [0.2, 0.25) is 0 Å². The van der Waals surface area contributed by atoms with E-state index >= 15 is 0 Å². The molecule has 0 aliphatic rings. The molecule has 0 aliphatic carbocycles. The fourth-order valence-corrected chi connectivity index (χ4v) is 2.61. The van der Waals surface area contributed by atoms with Crippen LogP contribution in [0.1, 0.15) is 37.9 Å². The third kappa shape index (κ3) is 3.88. The van der Waals surface area contributed by atoms with E-state index in [9.17, 15) is 0 Å². The Morgan fingerprint density at radius 1 is 1.00 bits per heavy atom. The first-order chi connectivity index (χ1) is 8.99. The first-order valence-corrected chi connectivity index (χ1v) is 7.48. The van der Waals surface area contributed by atoms with E-state index in [0.29, 0.717) is 6.54 Å². The van der Waals surface area contributed by atoms with Gasteiger partial charge in [0.05, 0.1) is 12.3 Å². The summed E-state index contributed by atoms with van der Waals surface area (Å²) < 4.78 is 5.59. The van der Waals surface area contributed by atoms with Crippen molar-refractivity contribution in [3.63, 3.8) is 0 Å². The second-order valence-corrected chi connectivity index (χ2v) is 6.68. The highest BCUT2D eigenvalue weighted by Gasteiger charge is 2.12. The zero-order chi connectivity index (χ0) is 13.9. The number of rotatable bonds is 4. The summed E-state index contributed by atoms with van der Waals surface area (Å²) in [7, 11) is 0. The largest absolute Gasteiger partial charge is 0.464 e. The lowest BCUT2D eigenvalue weighted by molar-refractivity contribution is 0.482. The summed E-state index contributed by atoms with van der Waals surface area (Å²) in [6.45, 7) is 7.15. The molecule has 0 radical (unpaired) electrons. The van der Waals surface area contributed by atoms with E-state index in [1.165, 1.54) is 10.5 Å². The van der Waals surface area contributed by atoms with E-state index in [0.717, 1.165) is 17.3 Å². The second kappa shape index (κ2) is 5.85. The third-order valence-corrected chi connectivity index (χ3v) is 4.05. The minimum absolute atomic E-state index is 0.209. The average Bonchev–Trinajstić information content (AvgIpc) is 2.84. The fourth-order valence-electron chi connectivity index (χ4n) is 1.82. The summed E-state index contributed by atoms with van der Waals surface area (Å²) in [6, 6.07) is 12.7. The van der Waals surface area contributed by atoms with Gasteiger partial charge in [0, 0.05) is 4.90 Å². The van der Waals surface area contributed by atoms with Crippen molar-refractivity contribution in [2.75, 3.05) is 0 Å². The summed E-state index contributed by atoms with van der Waals surface area (Å²) >= 11 is 1.78. The van der Waals surface area contributed by atoms with Gasteiger partial charge >= 0.3 is 0 Å². The van der Waals surface area contributed by atoms with Crippen molar-refractivity contribution in [2.24, 2.45) is 5.73 Å². The van der Waals surface area contributed by atoms with Crippen molar-refractivity contribution in [3.8, 4) is 0 Å². The Bertz CT molecular complexity index is 522. The number of benzene rings is 1. The Kier molecular flexibility index (Phi) is 4.38. The minimum atomic E-state index is 0.209. The Hall–Kier alpha value is -1.19. The Morgan fingerprint density at radius 2 is 1.63 bits per heavy atom. The highest BCUT2D eigenvalue weighted by atomic mass is 32.2. The van der Waals surface area contributed by atoms with Gasteiger partial charge in [0.1, 0.15) is 11.5 Å². The van der Waals surface area contributed by atoms with E-state index < -0.39 is 0 Å². The SMILES string of the molecule is CC(C)(C)c1ccc(SCc2ccc(CN)o2)cc1. The molecular formula is C16H21NOS. The molecule has 0 atom stereocenters. The van der Waals surface area contributed by atoms with E-state index in [1.54, 1.807) is 11.8 Å². The van der Waals surface area contributed by atoms with Crippen molar-refractivity contribution < 1.29 is 4.42 Å². The molecule has 2 rings (SSSR count). The van der Waals surface area contributed by atoms with Crippen LogP contribution in [0.4, 0.5) is 0 Å². The van der Waals surface area contributed by atoms with Crippen LogP contribution in [-0.2, 0) is 17.7 Å². The number of furan rings is 1. The summed E-state index contributed by atoms with van der Waals surface area (Å²) in [5, 5.41) is 0. The molecule has 2 aromatic rings. The van der Waals surface area contributed by atoms with Crippen LogP contribution in [0.3, 0.4) is 0 Å². The molecule has 2 N–H and O–H groups in total. The molecule has 19 heavy (non-hydrogen) atoms. The Labute approximate surface area is 119 Å². The van der Waals surface area contributed by atoms with Crippen LogP contribution in [0, 0.1) is 0 Å². The molecule has 1 aromatic carbocycles. The maximum Gasteiger partial charge on any atom is 0.117 e. The lowest BCUT2D eigenvalue weighted by Gasteiger charge is -2.18. The van der Waals surface area contributed by atoms with E-state index in [4.69, 9.17) is 10.2 Å². The monoisotopic (exact) mass is 275 g/mol. The minimum Gasteiger partial charge on any atom is -0.464 e. The van der Waals surface area contributed by atoms with Crippen LogP contribution in [0.25, 0.3) is 0 Å². The molecule has 0 bridgehead atoms. The maximum atomic E-state index is 5.59. The molecule has 1 aromatic heterocycles. The molecule has 0 saturated carbocycles. The van der Waals surface area contributed by atoms with Gasteiger partial charge in [-0.1, -0.05) is 32.9 Å². The quantitative estimate of drug-likeness (QED) is 0.844. The first-order valence-electron chi connectivity index (χ1n) is 6.50. The molecular weight excluding hydrogens is 254 g/mol. The Balaban J connectivity index is 1.96. The number of hydrogen-bond acceptors (Lipinski definition) is 3. The number of nitrogens with two attached hydrogens (primary N) is 1. The van der Waals surface area contributed by atoms with Crippen LogP contribution in [0.5, 0.6) is 0 Å². The predicted octanol–water partition coefficient (Wildman–Crippen LogP) is 4.33. The first kappa shape index (κ1) is 14.2. The summed E-state index contributed by atoms with van der Waals surface area (Å²) in [6.07, 6.45) is 0. The molecule has 2 nitrogen and oxygen atoms in total. The average molecular weight is 275 g/mol. The molecule has 0 fully saturated rings. The van der Waals surface area contributed by atoms with E-state index in [2.05, 4.69) is 45.0 Å². The second-order valence-electron chi connectivity index (χ2n) is 5.64. The molecule has 3 heteroatoms. The fraction of sp³-hybridized carbons (Fsp3) is 0.375. The van der Waals surface area contributed by atoms with Crippen molar-refractivity contribution in [3.05, 3.63) is 53.5 Å². The van der Waals surface area contributed by atoms with Gasteiger partial charge in [0.15, 0.2) is 0 Å². The zero-order valence-corrected chi connectivity index (χ0v) is 12.6. The Morgan fingerprint density at radius 3 is 2.16 bits per heavy atom. The zero-order valence-electron chi connectivity index (χ0n) is 11.8. The van der Waals surface area contributed by atoms with Gasteiger partial charge in [-0.15, -0.1) is 11.8 Å². The molecule has 1 heterocycles. The van der Waals surface area contributed by atoms with Crippen LogP contribution < -0.4 is 5.73 Å². The highest BCUT2D eigenvalue weighted by molar-refractivity contribution is 7.98. The lowest BCUT2D eigenvalue weighted by Crippen LogP contribution is -2.10. The van der Waals surface area contributed by atoms with Gasteiger partial charge in [-0.25, -0.2) is 0 Å². The van der Waals surface area contributed by atoms with Crippen LogP contribution in [0.15, 0.2) is 45.7 Å². The maximum absolute atomic E-state index is 5.59. The molecule has 102 valence electrons. The topological polar surface area (TPSA) is 39.2 Å². The van der Waals surface area contributed by atoms with Crippen molar-refractivity contribution >= 4 is 11.8 Å². The standard InChI is InChI=1S/C16H21NOS/c1-16(2,3)12-4-8-15(9-5-12)19-11-14-7-6-13(10-17)18-14/h4-9H,10-11,17H2,1-3H3. The molecule has 0 unspecified atom stereocenters. The van der Waals surface area contributed by atoms with E-state index in [1.807, 2.05) is 12.1 Å². The third-order valence-electron chi connectivity index (χ3n) is 3.02. The molecule has 0 aliphatic heterocycles. The molecule has 0 saturated heterocycles. The van der Waals surface area contributed by atoms with Gasteiger partial charge < -0.3 is 10.2 Å². The van der Waals surface area contributed by atoms with Crippen molar-refractivity contribution in [1.29, 1.82) is 0 Å². The van der Waals surface area contributed by atoms with Gasteiger partial charge in [-0.05, 0) is 35.2 Å². The summed E-state index contributed by atoms with van der Waals surface area (Å²) in [5.41, 5.74) is 7.10. The van der Waals surface area contributed by atoms with E-state index in [-0.39, 0.29) is 5.41 Å². The molecule has 0 amide bonds. The predicted molar refractivity (Wildman–Crippen MR) is 81.3 cm³/mol. The van der Waals surface area contributed by atoms with Gasteiger partial charge in [0.25, 0.3) is 0 Å². The summed E-state index contributed by atoms with van der Waals surface area (Å²) in [4.78, 5) is 1.26. The number of thioether (sulfide) groups is 1. The highest BCUT2D eigenvalue weighted by Crippen LogP contribution is 2.27. The normalized spacial score (nSPS) is 11.8. The summed E-state index contributed by atoms with van der Waals surface area (Å²) in [5.74, 6) is 2.67. The van der Waals surface area contributed by atoms with Gasteiger partial charge in [0.2, 0.25) is 0 Å². The van der Waals surface area contributed by atoms with Crippen molar-refractivity contribution in [1.82, 2.24) is 0 Å². The van der Waals surface area contributed by atoms with Gasteiger partial charge in [-0.2, -0.15) is 0 Å². The van der Waals surface area contributed by atoms with Crippen molar-refractivity contribution in [2.45, 2.75) is 43.4 Å².